The van der Waals surface area contributed by atoms with Gasteiger partial charge < -0.3 is 15.9 Å². The van der Waals surface area contributed by atoms with Crippen LogP contribution in [-0.2, 0) is 0 Å². The first-order chi connectivity index (χ1) is 3.72. The lowest BCUT2D eigenvalue weighted by Gasteiger charge is -2.08. The summed E-state index contributed by atoms with van der Waals surface area (Å²) in [4.78, 5) is 0. The van der Waals surface area contributed by atoms with Crippen molar-refractivity contribution in [1.82, 2.24) is 0 Å². The maximum atomic E-state index is 8.61. The summed E-state index contributed by atoms with van der Waals surface area (Å²) in [7, 11) is 0. The van der Waals surface area contributed by atoms with Crippen molar-refractivity contribution in [3.05, 3.63) is 0 Å². The van der Waals surface area contributed by atoms with Gasteiger partial charge in [-0.15, -0.1) is 6.42 Å². The van der Waals surface area contributed by atoms with Crippen LogP contribution in [0.5, 0.6) is 0 Å². The second-order valence-electron chi connectivity index (χ2n) is 1.46. The van der Waals surface area contributed by atoms with Crippen LogP contribution in [0.1, 0.15) is 0 Å². The van der Waals surface area contributed by atoms with Crippen molar-refractivity contribution in [2.45, 2.75) is 12.1 Å². The van der Waals surface area contributed by atoms with Crippen LogP contribution in [0.25, 0.3) is 0 Å². The molecule has 0 aliphatic carbocycles. The SMILES string of the molecule is C#C[C@H](O)[C@@H](N)CO. The van der Waals surface area contributed by atoms with E-state index in [-0.39, 0.29) is 6.61 Å². The molecule has 0 heterocycles. The topological polar surface area (TPSA) is 66.5 Å². The Kier molecular flexibility index (Phi) is 3.20. The molecule has 0 bridgehead atoms. The minimum atomic E-state index is -1.03. The summed E-state index contributed by atoms with van der Waals surface area (Å²) in [6.45, 7) is -0.286. The van der Waals surface area contributed by atoms with Crippen LogP contribution >= 0.6 is 0 Å². The molecule has 4 N–H and O–H groups in total. The van der Waals surface area contributed by atoms with E-state index in [0.29, 0.717) is 0 Å². The van der Waals surface area contributed by atoms with Crippen molar-refractivity contribution in [2.24, 2.45) is 5.73 Å². The van der Waals surface area contributed by atoms with Gasteiger partial charge in [-0.05, 0) is 0 Å². The highest BCUT2D eigenvalue weighted by molar-refractivity contribution is 4.98. The fourth-order valence-corrected chi connectivity index (χ4v) is 0.223. The monoisotopic (exact) mass is 115 g/mol. The molecule has 3 heteroatoms. The van der Waals surface area contributed by atoms with Gasteiger partial charge in [0.2, 0.25) is 0 Å². The van der Waals surface area contributed by atoms with Gasteiger partial charge >= 0.3 is 0 Å². The Bertz CT molecular complexity index is 97.1. The fourth-order valence-electron chi connectivity index (χ4n) is 0.223. The summed E-state index contributed by atoms with van der Waals surface area (Å²) in [5.74, 6) is 1.99. The van der Waals surface area contributed by atoms with Crippen molar-refractivity contribution in [3.8, 4) is 12.3 Å². The van der Waals surface area contributed by atoms with Gasteiger partial charge in [0.25, 0.3) is 0 Å². The van der Waals surface area contributed by atoms with E-state index in [9.17, 15) is 0 Å². The zero-order valence-electron chi connectivity index (χ0n) is 4.41. The Hall–Kier alpha value is -0.560. The van der Waals surface area contributed by atoms with Gasteiger partial charge in [0.1, 0.15) is 6.10 Å². The molecule has 0 aliphatic rings. The van der Waals surface area contributed by atoms with Crippen molar-refractivity contribution < 1.29 is 10.2 Å². The molecule has 0 radical (unpaired) electrons. The molecule has 0 aromatic rings. The maximum absolute atomic E-state index is 8.61. The summed E-state index contributed by atoms with van der Waals surface area (Å²) >= 11 is 0. The van der Waals surface area contributed by atoms with Crippen molar-refractivity contribution in [3.63, 3.8) is 0 Å². The smallest absolute Gasteiger partial charge is 0.131 e. The summed E-state index contributed by atoms with van der Waals surface area (Å²) in [6.07, 6.45) is 3.73. The summed E-state index contributed by atoms with van der Waals surface area (Å²) < 4.78 is 0. The van der Waals surface area contributed by atoms with E-state index >= 15 is 0 Å². The Morgan fingerprint density at radius 2 is 2.25 bits per heavy atom. The first-order valence-corrected chi connectivity index (χ1v) is 2.23. The Morgan fingerprint density at radius 1 is 1.75 bits per heavy atom. The third-order valence-electron chi connectivity index (χ3n) is 0.787. The molecule has 0 fully saturated rings. The quantitative estimate of drug-likeness (QED) is 0.376. The van der Waals surface area contributed by atoms with Gasteiger partial charge in [-0.25, -0.2) is 0 Å². The predicted octanol–water partition coefficient (Wildman–Crippen LogP) is -1.70. The molecule has 0 aromatic heterocycles. The second kappa shape index (κ2) is 3.44. The molecule has 0 amide bonds. The van der Waals surface area contributed by atoms with Crippen molar-refractivity contribution in [2.75, 3.05) is 6.61 Å². The number of rotatable bonds is 2. The lowest BCUT2D eigenvalue weighted by molar-refractivity contribution is 0.151. The first kappa shape index (κ1) is 7.44. The average molecular weight is 115 g/mol. The number of aliphatic hydroxyl groups excluding tert-OH is 2. The van der Waals surface area contributed by atoms with E-state index in [0.717, 1.165) is 0 Å². The number of hydrogen-bond acceptors (Lipinski definition) is 3. The Labute approximate surface area is 48.1 Å². The lowest BCUT2D eigenvalue weighted by Crippen LogP contribution is -2.36. The van der Waals surface area contributed by atoms with Crippen LogP contribution in [0.3, 0.4) is 0 Å². The lowest BCUT2D eigenvalue weighted by atomic mass is 10.2. The Balaban J connectivity index is 3.49. The summed E-state index contributed by atoms with van der Waals surface area (Å²) in [6, 6.07) is -0.708. The van der Waals surface area contributed by atoms with Gasteiger partial charge in [0, 0.05) is 0 Å². The number of nitrogens with two attached hydrogens (primary N) is 1. The van der Waals surface area contributed by atoms with Crippen molar-refractivity contribution in [1.29, 1.82) is 0 Å². The van der Waals surface area contributed by atoms with Crippen LogP contribution in [0.2, 0.25) is 0 Å². The minimum Gasteiger partial charge on any atom is -0.395 e. The molecule has 0 unspecified atom stereocenters. The third kappa shape index (κ3) is 1.94. The standard InChI is InChI=1S/C5H9NO2/c1-2-5(8)4(6)3-7/h1,4-5,7-8H,3,6H2/t4-,5-/m0/s1. The van der Waals surface area contributed by atoms with Gasteiger partial charge in [-0.1, -0.05) is 5.92 Å². The largest absolute Gasteiger partial charge is 0.395 e. The zero-order valence-corrected chi connectivity index (χ0v) is 4.41. The molecule has 8 heavy (non-hydrogen) atoms. The molecule has 0 aromatic carbocycles. The number of hydrogen-bond donors (Lipinski definition) is 3. The third-order valence-corrected chi connectivity index (χ3v) is 0.787. The molecule has 0 spiro atoms. The van der Waals surface area contributed by atoms with Gasteiger partial charge in [0.05, 0.1) is 12.6 Å². The van der Waals surface area contributed by atoms with Crippen LogP contribution in [0, 0.1) is 12.3 Å². The van der Waals surface area contributed by atoms with E-state index in [1.165, 1.54) is 0 Å². The molecule has 0 aliphatic heterocycles. The van der Waals surface area contributed by atoms with E-state index in [2.05, 4.69) is 0 Å². The second-order valence-corrected chi connectivity index (χ2v) is 1.46. The Morgan fingerprint density at radius 3 is 2.38 bits per heavy atom. The first-order valence-electron chi connectivity index (χ1n) is 2.23. The fraction of sp³-hybridized carbons (Fsp3) is 0.600. The molecular formula is C5H9NO2. The van der Waals surface area contributed by atoms with E-state index < -0.39 is 12.1 Å². The number of aliphatic hydroxyl groups is 2. The van der Waals surface area contributed by atoms with Crippen LogP contribution in [0.4, 0.5) is 0 Å². The molecule has 0 saturated heterocycles. The van der Waals surface area contributed by atoms with E-state index in [4.69, 9.17) is 22.4 Å². The summed E-state index contributed by atoms with van der Waals surface area (Å²) in [5.41, 5.74) is 5.08. The van der Waals surface area contributed by atoms with Gasteiger partial charge in [-0.3, -0.25) is 0 Å². The average Bonchev–Trinajstić information content (AvgIpc) is 1.84. The predicted molar refractivity (Wildman–Crippen MR) is 29.9 cm³/mol. The molecule has 3 nitrogen and oxygen atoms in total. The van der Waals surface area contributed by atoms with E-state index in [1.807, 2.05) is 5.92 Å². The highest BCUT2D eigenvalue weighted by atomic mass is 16.3. The highest BCUT2D eigenvalue weighted by Crippen LogP contribution is 1.83. The zero-order chi connectivity index (χ0) is 6.57. The molecule has 0 rings (SSSR count). The normalized spacial score (nSPS) is 16.8. The highest BCUT2D eigenvalue weighted by Gasteiger charge is 2.08. The van der Waals surface area contributed by atoms with Crippen LogP contribution in [-0.4, -0.2) is 29.0 Å². The summed E-state index contributed by atoms with van der Waals surface area (Å²) in [5, 5.41) is 16.9. The molecule has 0 saturated carbocycles. The molecule has 46 valence electrons. The van der Waals surface area contributed by atoms with Gasteiger partial charge in [0.15, 0.2) is 0 Å². The molecule has 2 atom stereocenters. The minimum absolute atomic E-state index is 0.286. The van der Waals surface area contributed by atoms with E-state index in [1.54, 1.807) is 0 Å². The van der Waals surface area contributed by atoms with Crippen LogP contribution < -0.4 is 5.73 Å². The van der Waals surface area contributed by atoms with Crippen molar-refractivity contribution >= 4 is 0 Å². The molecular weight excluding hydrogens is 106 g/mol. The van der Waals surface area contributed by atoms with Gasteiger partial charge in [-0.2, -0.15) is 0 Å². The number of terminal acetylenes is 1. The van der Waals surface area contributed by atoms with Crippen LogP contribution in [0.15, 0.2) is 0 Å². The maximum Gasteiger partial charge on any atom is 0.131 e.